The minimum Gasteiger partial charge on any atom is -0.326 e. The van der Waals surface area contributed by atoms with Crippen LogP contribution in [0.3, 0.4) is 0 Å². The van der Waals surface area contributed by atoms with Gasteiger partial charge in [-0.3, -0.25) is 9.78 Å². The van der Waals surface area contributed by atoms with Crippen molar-refractivity contribution >= 4 is 11.6 Å². The zero-order chi connectivity index (χ0) is 9.26. The van der Waals surface area contributed by atoms with Crippen molar-refractivity contribution in [3.8, 4) is 0 Å². The highest BCUT2D eigenvalue weighted by atomic mass is 16.1. The van der Waals surface area contributed by atoms with Crippen LogP contribution in [-0.4, -0.2) is 10.9 Å². The molecule has 1 aromatic rings. The molecule has 3 heteroatoms. The summed E-state index contributed by atoms with van der Waals surface area (Å²) in [6, 6.07) is 1.87. The highest BCUT2D eigenvalue weighted by Crippen LogP contribution is 2.24. The van der Waals surface area contributed by atoms with Crippen molar-refractivity contribution in [1.29, 1.82) is 0 Å². The molecule has 0 aliphatic carbocycles. The van der Waals surface area contributed by atoms with Gasteiger partial charge in [0.25, 0.3) is 0 Å². The summed E-state index contributed by atoms with van der Waals surface area (Å²) in [6.07, 6.45) is 4.10. The number of aryl methyl sites for hydroxylation is 1. The number of aromatic nitrogens is 1. The molecule has 0 unspecified atom stereocenters. The number of nitrogens with zero attached hydrogens (tertiary/aromatic N) is 1. The van der Waals surface area contributed by atoms with Gasteiger partial charge in [0.1, 0.15) is 0 Å². The molecule has 0 atom stereocenters. The first kappa shape index (κ1) is 8.23. The molecular weight excluding hydrogens is 164 g/mol. The van der Waals surface area contributed by atoms with Gasteiger partial charge in [0.15, 0.2) is 0 Å². The number of anilines is 1. The summed E-state index contributed by atoms with van der Waals surface area (Å²) in [5.41, 5.74) is 3.27. The van der Waals surface area contributed by atoms with Crippen molar-refractivity contribution in [3.05, 3.63) is 23.5 Å². The maximum absolute atomic E-state index is 11.1. The lowest BCUT2D eigenvalue weighted by Crippen LogP contribution is -2.20. The number of pyridine rings is 1. The average Bonchev–Trinajstić information content (AvgIpc) is 2.16. The molecule has 0 bridgehead atoms. The second kappa shape index (κ2) is 3.17. The van der Waals surface area contributed by atoms with E-state index >= 15 is 0 Å². The fraction of sp³-hybridized carbons (Fsp3) is 0.400. The van der Waals surface area contributed by atoms with E-state index in [4.69, 9.17) is 0 Å². The molecule has 1 aliphatic heterocycles. The molecular formula is C10H12N2O. The Morgan fingerprint density at radius 1 is 1.54 bits per heavy atom. The van der Waals surface area contributed by atoms with Crippen LogP contribution in [0, 0.1) is 0 Å². The highest BCUT2D eigenvalue weighted by Gasteiger charge is 2.16. The Morgan fingerprint density at radius 2 is 2.38 bits per heavy atom. The van der Waals surface area contributed by atoms with E-state index in [1.165, 1.54) is 5.56 Å². The van der Waals surface area contributed by atoms with Gasteiger partial charge in [-0.25, -0.2) is 0 Å². The third-order valence-corrected chi connectivity index (χ3v) is 2.36. The predicted octanol–water partition coefficient (Wildman–Crippen LogP) is 1.53. The Kier molecular flexibility index (Phi) is 2.00. The van der Waals surface area contributed by atoms with Crippen LogP contribution >= 0.6 is 0 Å². The van der Waals surface area contributed by atoms with Gasteiger partial charge in [0.2, 0.25) is 5.91 Å². The molecule has 2 heterocycles. The zero-order valence-electron chi connectivity index (χ0n) is 7.63. The maximum atomic E-state index is 11.1. The molecule has 0 saturated carbocycles. The van der Waals surface area contributed by atoms with Gasteiger partial charge >= 0.3 is 0 Å². The summed E-state index contributed by atoms with van der Waals surface area (Å²) in [5, 5.41) is 2.86. The number of amides is 1. The van der Waals surface area contributed by atoms with Crippen molar-refractivity contribution in [1.82, 2.24) is 4.98 Å². The molecule has 0 spiro atoms. The molecule has 1 amide bonds. The molecule has 1 aliphatic rings. The van der Waals surface area contributed by atoms with Crippen LogP contribution in [0.25, 0.3) is 0 Å². The lowest BCUT2D eigenvalue weighted by molar-refractivity contribution is -0.116. The summed E-state index contributed by atoms with van der Waals surface area (Å²) in [6.45, 7) is 2.08. The Balaban J connectivity index is 2.45. The lowest BCUT2D eigenvalue weighted by atomic mass is 10.0. The van der Waals surface area contributed by atoms with E-state index < -0.39 is 0 Å². The molecule has 2 rings (SSSR count). The first-order chi connectivity index (χ1) is 6.31. The fourth-order valence-corrected chi connectivity index (χ4v) is 1.69. The molecule has 0 radical (unpaired) electrons. The summed E-state index contributed by atoms with van der Waals surface area (Å²) in [5.74, 6) is 0.112. The smallest absolute Gasteiger partial charge is 0.224 e. The number of rotatable bonds is 1. The Bertz CT molecular complexity index is 347. The van der Waals surface area contributed by atoms with Crippen LogP contribution in [0.4, 0.5) is 5.69 Å². The Labute approximate surface area is 77.2 Å². The number of hydrogen-bond acceptors (Lipinski definition) is 2. The van der Waals surface area contributed by atoms with Crippen molar-refractivity contribution in [2.24, 2.45) is 0 Å². The summed E-state index contributed by atoms with van der Waals surface area (Å²) in [4.78, 5) is 15.4. The average molecular weight is 176 g/mol. The molecule has 1 aromatic heterocycles. The quantitative estimate of drug-likeness (QED) is 0.705. The summed E-state index contributed by atoms with van der Waals surface area (Å²) in [7, 11) is 0. The van der Waals surface area contributed by atoms with Gasteiger partial charge in [0.05, 0.1) is 0 Å². The largest absolute Gasteiger partial charge is 0.326 e. The molecule has 68 valence electrons. The van der Waals surface area contributed by atoms with Gasteiger partial charge < -0.3 is 5.32 Å². The van der Waals surface area contributed by atoms with Crippen LogP contribution in [0.15, 0.2) is 12.3 Å². The topological polar surface area (TPSA) is 42.0 Å². The fourth-order valence-electron chi connectivity index (χ4n) is 1.69. The van der Waals surface area contributed by atoms with E-state index in [0.29, 0.717) is 6.42 Å². The van der Waals surface area contributed by atoms with E-state index in [-0.39, 0.29) is 5.91 Å². The molecule has 3 nitrogen and oxygen atoms in total. The van der Waals surface area contributed by atoms with Gasteiger partial charge in [-0.15, -0.1) is 0 Å². The number of fused-ring (bicyclic) bond motifs is 1. The standard InChI is InChI=1S/C10H12N2O/c1-2-8-7-3-4-10(13)12-9(7)5-6-11-8/h5-6H,2-4H2,1H3,(H,12,13). The van der Waals surface area contributed by atoms with E-state index in [1.807, 2.05) is 6.07 Å². The van der Waals surface area contributed by atoms with Gasteiger partial charge in [-0.1, -0.05) is 6.92 Å². The SMILES string of the molecule is CCc1nccc2c1CCC(=O)N2. The van der Waals surface area contributed by atoms with Crippen molar-refractivity contribution in [3.63, 3.8) is 0 Å². The van der Waals surface area contributed by atoms with Crippen LogP contribution in [0.5, 0.6) is 0 Å². The zero-order valence-corrected chi connectivity index (χ0v) is 7.63. The van der Waals surface area contributed by atoms with E-state index in [1.54, 1.807) is 6.20 Å². The summed E-state index contributed by atoms with van der Waals surface area (Å²) >= 11 is 0. The number of carbonyl (C=O) groups is 1. The Hall–Kier alpha value is -1.38. The van der Waals surface area contributed by atoms with Crippen LogP contribution in [0.2, 0.25) is 0 Å². The third kappa shape index (κ3) is 1.41. The van der Waals surface area contributed by atoms with Crippen molar-refractivity contribution < 1.29 is 4.79 Å². The van der Waals surface area contributed by atoms with E-state index in [9.17, 15) is 4.79 Å². The normalized spacial score (nSPS) is 15.0. The molecule has 1 N–H and O–H groups in total. The minimum absolute atomic E-state index is 0.112. The second-order valence-electron chi connectivity index (χ2n) is 3.19. The molecule has 0 aromatic carbocycles. The predicted molar refractivity (Wildman–Crippen MR) is 50.6 cm³/mol. The van der Waals surface area contributed by atoms with Gasteiger partial charge in [-0.2, -0.15) is 0 Å². The second-order valence-corrected chi connectivity index (χ2v) is 3.19. The van der Waals surface area contributed by atoms with Gasteiger partial charge in [-0.05, 0) is 24.5 Å². The molecule has 0 fully saturated rings. The van der Waals surface area contributed by atoms with E-state index in [2.05, 4.69) is 17.2 Å². The minimum atomic E-state index is 0.112. The lowest BCUT2D eigenvalue weighted by Gasteiger charge is -2.18. The van der Waals surface area contributed by atoms with Crippen molar-refractivity contribution in [2.45, 2.75) is 26.2 Å². The van der Waals surface area contributed by atoms with Gasteiger partial charge in [0, 0.05) is 24.0 Å². The van der Waals surface area contributed by atoms with Crippen LogP contribution in [0.1, 0.15) is 24.6 Å². The Morgan fingerprint density at radius 3 is 3.15 bits per heavy atom. The monoisotopic (exact) mass is 176 g/mol. The molecule has 13 heavy (non-hydrogen) atoms. The van der Waals surface area contributed by atoms with Crippen LogP contribution < -0.4 is 5.32 Å². The van der Waals surface area contributed by atoms with Crippen LogP contribution in [-0.2, 0) is 17.6 Å². The highest BCUT2D eigenvalue weighted by molar-refractivity contribution is 5.93. The molecule has 0 saturated heterocycles. The number of hydrogen-bond donors (Lipinski definition) is 1. The maximum Gasteiger partial charge on any atom is 0.224 e. The van der Waals surface area contributed by atoms with E-state index in [0.717, 1.165) is 24.2 Å². The first-order valence-corrected chi connectivity index (χ1v) is 4.58. The number of nitrogens with one attached hydrogen (secondary N) is 1. The summed E-state index contributed by atoms with van der Waals surface area (Å²) < 4.78 is 0. The van der Waals surface area contributed by atoms with Crippen molar-refractivity contribution in [2.75, 3.05) is 5.32 Å². The first-order valence-electron chi connectivity index (χ1n) is 4.58. The number of carbonyl (C=O) groups excluding carboxylic acids is 1. The third-order valence-electron chi connectivity index (χ3n) is 2.36.